The summed E-state index contributed by atoms with van der Waals surface area (Å²) >= 11 is 0. The number of aryl methyl sites for hydroxylation is 1. The first-order valence-corrected chi connectivity index (χ1v) is 8.33. The lowest BCUT2D eigenvalue weighted by atomic mass is 9.72. The van der Waals surface area contributed by atoms with Crippen LogP contribution in [0.5, 0.6) is 11.5 Å². The summed E-state index contributed by atoms with van der Waals surface area (Å²) in [5.41, 5.74) is 2.70. The van der Waals surface area contributed by atoms with Gasteiger partial charge in [-0.15, -0.1) is 0 Å². The molecule has 3 rings (SSSR count). The van der Waals surface area contributed by atoms with Gasteiger partial charge in [0, 0.05) is 24.5 Å². The van der Waals surface area contributed by atoms with Crippen LogP contribution >= 0.6 is 0 Å². The average Bonchev–Trinajstić information content (AvgIpc) is 2.44. The number of phenolic OH excluding ortho intramolecular Hbond substituents is 1. The highest BCUT2D eigenvalue weighted by atomic mass is 16.5. The summed E-state index contributed by atoms with van der Waals surface area (Å²) in [5.74, 6) is 1.19. The highest BCUT2D eigenvalue weighted by Crippen LogP contribution is 2.51. The van der Waals surface area contributed by atoms with Crippen molar-refractivity contribution < 1.29 is 14.6 Å². The number of benzene rings is 1. The minimum Gasteiger partial charge on any atom is -0.507 e. The third-order valence-electron chi connectivity index (χ3n) is 5.11. The van der Waals surface area contributed by atoms with E-state index in [-0.39, 0.29) is 17.6 Å². The van der Waals surface area contributed by atoms with Crippen LogP contribution < -0.4 is 10.1 Å². The smallest absolute Gasteiger partial charge is 0.217 e. The zero-order valence-electron chi connectivity index (χ0n) is 13.7. The van der Waals surface area contributed by atoms with Gasteiger partial charge in [-0.3, -0.25) is 4.79 Å². The number of fused-ring (bicyclic) bond motifs is 1. The van der Waals surface area contributed by atoms with Gasteiger partial charge in [-0.05, 0) is 43.7 Å². The molecule has 1 unspecified atom stereocenters. The summed E-state index contributed by atoms with van der Waals surface area (Å²) in [6.45, 7) is 5.62. The summed E-state index contributed by atoms with van der Waals surface area (Å²) in [6.07, 6.45) is 5.58. The Morgan fingerprint density at radius 1 is 1.41 bits per heavy atom. The van der Waals surface area contributed by atoms with Crippen molar-refractivity contribution in [1.29, 1.82) is 0 Å². The molecular weight excluding hydrogens is 278 g/mol. The van der Waals surface area contributed by atoms with Gasteiger partial charge in [0.05, 0.1) is 6.04 Å². The second kappa shape index (κ2) is 5.49. The van der Waals surface area contributed by atoms with Gasteiger partial charge in [-0.1, -0.05) is 13.8 Å². The van der Waals surface area contributed by atoms with Crippen LogP contribution in [0, 0.1) is 0 Å². The van der Waals surface area contributed by atoms with Crippen LogP contribution in [0.25, 0.3) is 0 Å². The molecular formula is C18H25NO3. The molecule has 1 heterocycles. The maximum atomic E-state index is 11.6. The number of ether oxygens (including phenoxy) is 1. The molecule has 4 nitrogen and oxygen atoms in total. The summed E-state index contributed by atoms with van der Waals surface area (Å²) in [4.78, 5) is 11.6. The van der Waals surface area contributed by atoms with Crippen molar-refractivity contribution in [3.05, 3.63) is 22.8 Å². The summed E-state index contributed by atoms with van der Waals surface area (Å²) in [7, 11) is 0. The molecule has 1 aliphatic heterocycles. The van der Waals surface area contributed by atoms with E-state index in [9.17, 15) is 9.90 Å². The maximum absolute atomic E-state index is 11.6. The molecule has 0 aromatic heterocycles. The van der Waals surface area contributed by atoms with Crippen LogP contribution in [0.2, 0.25) is 0 Å². The van der Waals surface area contributed by atoms with Gasteiger partial charge in [-0.2, -0.15) is 0 Å². The monoisotopic (exact) mass is 303 g/mol. The Balaban J connectivity index is 2.12. The third-order valence-corrected chi connectivity index (χ3v) is 5.11. The Morgan fingerprint density at radius 2 is 2.14 bits per heavy atom. The van der Waals surface area contributed by atoms with E-state index in [4.69, 9.17) is 4.74 Å². The number of hydrogen-bond acceptors (Lipinski definition) is 3. The number of amides is 1. The Morgan fingerprint density at radius 3 is 2.64 bits per heavy atom. The lowest BCUT2D eigenvalue weighted by molar-refractivity contribution is -0.120. The number of nitrogens with one attached hydrogen (secondary N) is 1. The molecule has 1 spiro atoms. The third kappa shape index (κ3) is 2.34. The Kier molecular flexibility index (Phi) is 3.79. The van der Waals surface area contributed by atoms with Crippen molar-refractivity contribution in [2.24, 2.45) is 0 Å². The van der Waals surface area contributed by atoms with Gasteiger partial charge in [-0.25, -0.2) is 0 Å². The molecule has 1 aliphatic carbocycles. The molecule has 1 amide bonds. The highest BCUT2D eigenvalue weighted by molar-refractivity contribution is 5.74. The standard InChI is InChI=1S/C18H25NO3/c1-4-12-9-15-16(13(5-2)17(12)21)14(19-11(3)20)10-18(22-15)7-6-8-18/h9,14,21H,4-8,10H2,1-3H3,(H,19,20). The van der Waals surface area contributed by atoms with Gasteiger partial charge in [0.15, 0.2) is 0 Å². The molecule has 0 bridgehead atoms. The molecule has 1 fully saturated rings. The molecule has 1 aromatic rings. The largest absolute Gasteiger partial charge is 0.507 e. The quantitative estimate of drug-likeness (QED) is 0.899. The van der Waals surface area contributed by atoms with Crippen molar-refractivity contribution in [1.82, 2.24) is 5.32 Å². The molecule has 4 heteroatoms. The number of hydrogen-bond donors (Lipinski definition) is 2. The van der Waals surface area contributed by atoms with Crippen molar-refractivity contribution >= 4 is 5.91 Å². The Bertz CT molecular complexity index is 605. The number of carbonyl (C=O) groups excluding carboxylic acids is 1. The van der Waals surface area contributed by atoms with Crippen LogP contribution in [0.15, 0.2) is 6.07 Å². The van der Waals surface area contributed by atoms with Crippen LogP contribution in [0.3, 0.4) is 0 Å². The zero-order valence-corrected chi connectivity index (χ0v) is 13.7. The number of rotatable bonds is 3. The van der Waals surface area contributed by atoms with Crippen LogP contribution in [-0.4, -0.2) is 16.6 Å². The van der Waals surface area contributed by atoms with E-state index in [1.54, 1.807) is 6.92 Å². The van der Waals surface area contributed by atoms with Crippen molar-refractivity contribution in [2.75, 3.05) is 0 Å². The van der Waals surface area contributed by atoms with E-state index < -0.39 is 0 Å². The second-order valence-corrected chi connectivity index (χ2v) is 6.58. The van der Waals surface area contributed by atoms with Crippen molar-refractivity contribution in [3.8, 4) is 11.5 Å². The summed E-state index contributed by atoms with van der Waals surface area (Å²) < 4.78 is 6.34. The molecule has 22 heavy (non-hydrogen) atoms. The SMILES string of the molecule is CCc1cc2c(c(CC)c1O)C(NC(C)=O)CC1(CCC1)O2. The van der Waals surface area contributed by atoms with Gasteiger partial charge < -0.3 is 15.2 Å². The molecule has 1 saturated carbocycles. The van der Waals surface area contributed by atoms with E-state index in [0.29, 0.717) is 5.75 Å². The van der Waals surface area contributed by atoms with Crippen LogP contribution in [-0.2, 0) is 17.6 Å². The normalized spacial score (nSPS) is 21.7. The van der Waals surface area contributed by atoms with E-state index in [2.05, 4.69) is 5.32 Å². The first-order valence-electron chi connectivity index (χ1n) is 8.33. The summed E-state index contributed by atoms with van der Waals surface area (Å²) in [6, 6.07) is 1.91. The maximum Gasteiger partial charge on any atom is 0.217 e. The molecule has 2 N–H and O–H groups in total. The van der Waals surface area contributed by atoms with Gasteiger partial charge in [0.1, 0.15) is 17.1 Å². The van der Waals surface area contributed by atoms with Crippen molar-refractivity contribution in [2.45, 2.75) is 70.9 Å². The van der Waals surface area contributed by atoms with Gasteiger partial charge >= 0.3 is 0 Å². The molecule has 0 radical (unpaired) electrons. The van der Waals surface area contributed by atoms with Gasteiger partial charge in [0.2, 0.25) is 5.91 Å². The lowest BCUT2D eigenvalue weighted by Crippen LogP contribution is -2.49. The Hall–Kier alpha value is -1.71. The van der Waals surface area contributed by atoms with E-state index >= 15 is 0 Å². The summed E-state index contributed by atoms with van der Waals surface area (Å²) in [5, 5.41) is 13.6. The van der Waals surface area contributed by atoms with E-state index in [1.165, 1.54) is 6.42 Å². The molecule has 1 atom stereocenters. The number of carbonyl (C=O) groups is 1. The predicted molar refractivity (Wildman–Crippen MR) is 85.2 cm³/mol. The molecule has 120 valence electrons. The number of phenols is 1. The first kappa shape index (κ1) is 15.2. The fourth-order valence-corrected chi connectivity index (χ4v) is 3.86. The minimum absolute atomic E-state index is 0.0339. The Labute approximate surface area is 131 Å². The molecule has 1 aromatic carbocycles. The number of aromatic hydroxyl groups is 1. The second-order valence-electron chi connectivity index (χ2n) is 6.58. The average molecular weight is 303 g/mol. The highest BCUT2D eigenvalue weighted by Gasteiger charge is 2.46. The fraction of sp³-hybridized carbons (Fsp3) is 0.611. The first-order chi connectivity index (χ1) is 10.5. The van der Waals surface area contributed by atoms with Crippen LogP contribution in [0.1, 0.15) is 69.2 Å². The van der Waals surface area contributed by atoms with E-state index in [1.807, 2.05) is 19.9 Å². The van der Waals surface area contributed by atoms with Crippen LogP contribution in [0.4, 0.5) is 0 Å². The minimum atomic E-state index is -0.118. The zero-order chi connectivity index (χ0) is 15.9. The predicted octanol–water partition coefficient (Wildman–Crippen LogP) is 3.40. The topological polar surface area (TPSA) is 58.6 Å². The van der Waals surface area contributed by atoms with Crippen molar-refractivity contribution in [3.63, 3.8) is 0 Å². The molecule has 2 aliphatic rings. The fourth-order valence-electron chi connectivity index (χ4n) is 3.86. The lowest BCUT2D eigenvalue weighted by Gasteiger charge is -2.48. The van der Waals surface area contributed by atoms with E-state index in [0.717, 1.165) is 54.5 Å². The molecule has 0 saturated heterocycles. The van der Waals surface area contributed by atoms with Gasteiger partial charge in [0.25, 0.3) is 0 Å².